The summed E-state index contributed by atoms with van der Waals surface area (Å²) in [5, 5.41) is 11.2. The van der Waals surface area contributed by atoms with Gasteiger partial charge in [0, 0.05) is 14.1 Å². The fourth-order valence-corrected chi connectivity index (χ4v) is 1.29. The number of ether oxygens (including phenoxy) is 1. The first kappa shape index (κ1) is 14.5. The Morgan fingerprint density at radius 2 is 2.21 bits per heavy atom. The molecule has 0 aliphatic carbocycles. The first-order valence-electron chi connectivity index (χ1n) is 5.64. The number of nitriles is 1. The molecule has 0 heterocycles. The van der Waals surface area contributed by atoms with Crippen LogP contribution in [-0.2, 0) is 9.59 Å². The predicted molar refractivity (Wildman–Crippen MR) is 68.4 cm³/mol. The molecule has 0 aliphatic heterocycles. The molecule has 6 heteroatoms. The van der Waals surface area contributed by atoms with Gasteiger partial charge in [-0.2, -0.15) is 5.26 Å². The lowest BCUT2D eigenvalue weighted by molar-refractivity contribution is -0.136. The van der Waals surface area contributed by atoms with Crippen LogP contribution in [0.3, 0.4) is 0 Å². The van der Waals surface area contributed by atoms with Crippen molar-refractivity contribution in [2.45, 2.75) is 0 Å². The highest BCUT2D eigenvalue weighted by atomic mass is 16.5. The van der Waals surface area contributed by atoms with Gasteiger partial charge in [-0.3, -0.25) is 9.59 Å². The fraction of sp³-hybridized carbons (Fsp3) is 0.308. The van der Waals surface area contributed by atoms with Gasteiger partial charge in [-0.25, -0.2) is 0 Å². The van der Waals surface area contributed by atoms with Crippen LogP contribution in [0.15, 0.2) is 24.3 Å². The number of amides is 2. The summed E-state index contributed by atoms with van der Waals surface area (Å²) in [6, 6.07) is 8.51. The van der Waals surface area contributed by atoms with E-state index in [9.17, 15) is 9.59 Å². The Morgan fingerprint density at radius 3 is 2.84 bits per heavy atom. The Kier molecular flexibility index (Phi) is 5.35. The highest BCUT2D eigenvalue weighted by Gasteiger charge is 2.12. The van der Waals surface area contributed by atoms with E-state index in [0.29, 0.717) is 11.3 Å². The van der Waals surface area contributed by atoms with Crippen LogP contribution in [0.1, 0.15) is 5.56 Å². The molecule has 0 radical (unpaired) electrons. The molecule has 0 unspecified atom stereocenters. The normalized spacial score (nSPS) is 9.32. The molecule has 6 nitrogen and oxygen atoms in total. The summed E-state index contributed by atoms with van der Waals surface area (Å²) in [4.78, 5) is 24.1. The predicted octanol–water partition coefficient (Wildman–Crippen LogP) is 0.141. The van der Waals surface area contributed by atoms with Crippen molar-refractivity contribution < 1.29 is 14.3 Å². The number of rotatable bonds is 5. The number of hydrogen-bond donors (Lipinski definition) is 1. The summed E-state index contributed by atoms with van der Waals surface area (Å²) in [5.74, 6) is -0.117. The van der Waals surface area contributed by atoms with Gasteiger partial charge >= 0.3 is 0 Å². The maximum atomic E-state index is 11.7. The summed E-state index contributed by atoms with van der Waals surface area (Å²) in [7, 11) is 3.02. The van der Waals surface area contributed by atoms with Gasteiger partial charge in [0.25, 0.3) is 5.91 Å². The molecule has 1 N–H and O–H groups in total. The number of nitrogens with zero attached hydrogens (tertiary/aromatic N) is 2. The van der Waals surface area contributed by atoms with Crippen molar-refractivity contribution in [2.75, 3.05) is 27.2 Å². The Hall–Kier alpha value is -2.55. The molecule has 0 bridgehead atoms. The van der Waals surface area contributed by atoms with Crippen LogP contribution in [0.4, 0.5) is 0 Å². The first-order valence-corrected chi connectivity index (χ1v) is 5.64. The van der Waals surface area contributed by atoms with Crippen LogP contribution in [0.5, 0.6) is 5.75 Å². The molecule has 0 atom stereocenters. The van der Waals surface area contributed by atoms with Crippen molar-refractivity contribution in [3.05, 3.63) is 29.8 Å². The third kappa shape index (κ3) is 4.68. The molecule has 0 saturated heterocycles. The Morgan fingerprint density at radius 1 is 1.47 bits per heavy atom. The van der Waals surface area contributed by atoms with Gasteiger partial charge in [0.2, 0.25) is 5.91 Å². The molecular weight excluding hydrogens is 246 g/mol. The van der Waals surface area contributed by atoms with Gasteiger partial charge in [0.05, 0.1) is 18.2 Å². The van der Waals surface area contributed by atoms with Crippen LogP contribution in [0.25, 0.3) is 0 Å². The van der Waals surface area contributed by atoms with Crippen molar-refractivity contribution in [1.29, 1.82) is 5.26 Å². The zero-order valence-electron chi connectivity index (χ0n) is 10.8. The van der Waals surface area contributed by atoms with E-state index in [1.807, 2.05) is 6.07 Å². The number of nitrogens with one attached hydrogen (secondary N) is 1. The van der Waals surface area contributed by atoms with Crippen LogP contribution in [0, 0.1) is 11.3 Å². The molecule has 0 aromatic heterocycles. The zero-order valence-corrected chi connectivity index (χ0v) is 10.8. The number of carbonyl (C=O) groups excluding carboxylic acids is 2. The standard InChI is InChI=1S/C13H15N3O3/c1-15-12(17)8-16(2)13(18)9-19-11-5-3-4-10(6-11)7-14/h3-6H,8-9H2,1-2H3,(H,15,17). The minimum absolute atomic E-state index is 0.0169. The molecule has 1 aromatic carbocycles. The number of likely N-dealkylation sites (N-methyl/N-ethyl adjacent to an activating group) is 2. The minimum Gasteiger partial charge on any atom is -0.484 e. The van der Waals surface area contributed by atoms with Gasteiger partial charge in [-0.05, 0) is 18.2 Å². The highest BCUT2D eigenvalue weighted by Crippen LogP contribution is 2.12. The number of hydrogen-bond acceptors (Lipinski definition) is 4. The van der Waals surface area contributed by atoms with E-state index in [0.717, 1.165) is 0 Å². The van der Waals surface area contributed by atoms with Gasteiger partial charge in [-0.15, -0.1) is 0 Å². The number of carbonyl (C=O) groups is 2. The van der Waals surface area contributed by atoms with Gasteiger partial charge in [0.15, 0.2) is 6.61 Å². The maximum Gasteiger partial charge on any atom is 0.260 e. The summed E-state index contributed by atoms with van der Waals surface area (Å²) in [6.07, 6.45) is 0. The Labute approximate surface area is 111 Å². The molecular formula is C13H15N3O3. The summed E-state index contributed by atoms with van der Waals surface area (Å²) in [5.41, 5.74) is 0.462. The van der Waals surface area contributed by atoms with E-state index < -0.39 is 0 Å². The van der Waals surface area contributed by atoms with Crippen molar-refractivity contribution in [1.82, 2.24) is 10.2 Å². The largest absolute Gasteiger partial charge is 0.484 e. The number of benzene rings is 1. The smallest absolute Gasteiger partial charge is 0.260 e. The van der Waals surface area contributed by atoms with Crippen molar-refractivity contribution >= 4 is 11.8 Å². The third-order valence-corrected chi connectivity index (χ3v) is 2.41. The molecule has 0 spiro atoms. The molecule has 19 heavy (non-hydrogen) atoms. The SMILES string of the molecule is CNC(=O)CN(C)C(=O)COc1cccc(C#N)c1. The van der Waals surface area contributed by atoms with Crippen LogP contribution >= 0.6 is 0 Å². The van der Waals surface area contributed by atoms with E-state index >= 15 is 0 Å². The maximum absolute atomic E-state index is 11.7. The first-order chi connectivity index (χ1) is 9.06. The molecule has 1 rings (SSSR count). The van der Waals surface area contributed by atoms with E-state index in [2.05, 4.69) is 5.32 Å². The van der Waals surface area contributed by atoms with Crippen LogP contribution < -0.4 is 10.1 Å². The monoisotopic (exact) mass is 261 g/mol. The second kappa shape index (κ2) is 7.01. The Balaban J connectivity index is 2.49. The topological polar surface area (TPSA) is 82.4 Å². The van der Waals surface area contributed by atoms with E-state index in [1.165, 1.54) is 19.0 Å². The lowest BCUT2D eigenvalue weighted by Gasteiger charge is -2.16. The molecule has 0 aliphatic rings. The molecule has 1 aromatic rings. The van der Waals surface area contributed by atoms with E-state index in [1.54, 1.807) is 24.3 Å². The van der Waals surface area contributed by atoms with Gasteiger partial charge in [0.1, 0.15) is 5.75 Å². The summed E-state index contributed by atoms with van der Waals surface area (Å²) < 4.78 is 5.27. The summed E-state index contributed by atoms with van der Waals surface area (Å²) >= 11 is 0. The second-order valence-electron chi connectivity index (χ2n) is 3.85. The lowest BCUT2D eigenvalue weighted by atomic mass is 10.2. The average molecular weight is 261 g/mol. The van der Waals surface area contributed by atoms with Gasteiger partial charge in [-0.1, -0.05) is 6.07 Å². The molecule has 100 valence electrons. The van der Waals surface area contributed by atoms with E-state index in [4.69, 9.17) is 10.00 Å². The summed E-state index contributed by atoms with van der Waals surface area (Å²) in [6.45, 7) is -0.195. The van der Waals surface area contributed by atoms with Crippen LogP contribution in [0.2, 0.25) is 0 Å². The van der Waals surface area contributed by atoms with Gasteiger partial charge < -0.3 is 15.0 Å². The Bertz CT molecular complexity index is 508. The molecule has 0 fully saturated rings. The minimum atomic E-state index is -0.314. The molecule has 2 amide bonds. The van der Waals surface area contributed by atoms with E-state index in [-0.39, 0.29) is 25.0 Å². The van der Waals surface area contributed by atoms with Crippen molar-refractivity contribution in [2.24, 2.45) is 0 Å². The highest BCUT2D eigenvalue weighted by molar-refractivity contribution is 5.85. The second-order valence-corrected chi connectivity index (χ2v) is 3.85. The van der Waals surface area contributed by atoms with Crippen molar-refractivity contribution in [3.63, 3.8) is 0 Å². The van der Waals surface area contributed by atoms with Crippen LogP contribution in [-0.4, -0.2) is 44.0 Å². The quantitative estimate of drug-likeness (QED) is 0.817. The third-order valence-electron chi connectivity index (χ3n) is 2.41. The lowest BCUT2D eigenvalue weighted by Crippen LogP contribution is -2.39. The van der Waals surface area contributed by atoms with Crippen molar-refractivity contribution in [3.8, 4) is 11.8 Å². The zero-order chi connectivity index (χ0) is 14.3. The average Bonchev–Trinajstić information content (AvgIpc) is 2.44. The fourth-order valence-electron chi connectivity index (χ4n) is 1.29. The molecule has 0 saturated carbocycles.